The number of nitrogens with zero attached hydrogens (tertiary/aromatic N) is 1. The Bertz CT molecular complexity index is 170. The second kappa shape index (κ2) is 3.78. The van der Waals surface area contributed by atoms with E-state index in [9.17, 15) is 4.79 Å². The number of rotatable bonds is 1. The van der Waals surface area contributed by atoms with Gasteiger partial charge in [-0.3, -0.25) is 0 Å². The second-order valence-electron chi connectivity index (χ2n) is 3.68. The highest BCUT2D eigenvalue weighted by Gasteiger charge is 2.26. The van der Waals surface area contributed by atoms with Gasteiger partial charge in [-0.25, -0.2) is 4.79 Å². The van der Waals surface area contributed by atoms with E-state index >= 15 is 0 Å². The Morgan fingerprint density at radius 3 is 2.75 bits per heavy atom. The monoisotopic (exact) mass is 170 g/mol. The van der Waals surface area contributed by atoms with Crippen molar-refractivity contribution in [2.45, 2.75) is 39.2 Å². The molecule has 0 radical (unpaired) electrons. The summed E-state index contributed by atoms with van der Waals surface area (Å²) in [6.45, 7) is 5.12. The van der Waals surface area contributed by atoms with Gasteiger partial charge in [0.1, 0.15) is 0 Å². The molecule has 3 heteroatoms. The molecule has 2 N–H and O–H groups in total. The molecule has 1 heterocycles. The fourth-order valence-electron chi connectivity index (χ4n) is 1.97. The molecule has 1 saturated heterocycles. The number of carbonyl (C=O) groups is 1. The number of hydrogen-bond acceptors (Lipinski definition) is 1. The van der Waals surface area contributed by atoms with E-state index in [2.05, 4.69) is 13.8 Å². The first kappa shape index (κ1) is 9.36. The quantitative estimate of drug-likeness (QED) is 0.638. The van der Waals surface area contributed by atoms with Crippen LogP contribution in [-0.2, 0) is 0 Å². The Morgan fingerprint density at radius 2 is 2.33 bits per heavy atom. The Labute approximate surface area is 73.9 Å². The van der Waals surface area contributed by atoms with Crippen LogP contribution in [0.15, 0.2) is 0 Å². The smallest absolute Gasteiger partial charge is 0.315 e. The molecule has 0 spiro atoms. The van der Waals surface area contributed by atoms with E-state index in [0.717, 1.165) is 25.3 Å². The van der Waals surface area contributed by atoms with Crippen molar-refractivity contribution in [2.24, 2.45) is 11.7 Å². The molecule has 3 nitrogen and oxygen atoms in total. The Balaban J connectivity index is 2.47. The van der Waals surface area contributed by atoms with Crippen molar-refractivity contribution >= 4 is 6.03 Å². The van der Waals surface area contributed by atoms with Gasteiger partial charge < -0.3 is 10.6 Å². The fraction of sp³-hybridized carbons (Fsp3) is 0.889. The molecular formula is C9H18N2O. The number of amides is 2. The van der Waals surface area contributed by atoms with E-state index in [4.69, 9.17) is 5.73 Å². The maximum Gasteiger partial charge on any atom is 0.315 e. The van der Waals surface area contributed by atoms with Gasteiger partial charge in [0.05, 0.1) is 0 Å². The van der Waals surface area contributed by atoms with Crippen LogP contribution in [0, 0.1) is 5.92 Å². The van der Waals surface area contributed by atoms with E-state index < -0.39 is 0 Å². The fourth-order valence-corrected chi connectivity index (χ4v) is 1.97. The maximum atomic E-state index is 10.9. The molecule has 0 aromatic carbocycles. The van der Waals surface area contributed by atoms with E-state index in [1.807, 2.05) is 0 Å². The third-order valence-corrected chi connectivity index (χ3v) is 2.85. The lowest BCUT2D eigenvalue weighted by Gasteiger charge is -2.36. The van der Waals surface area contributed by atoms with Crippen LogP contribution in [0.25, 0.3) is 0 Å². The van der Waals surface area contributed by atoms with Crippen molar-refractivity contribution in [3.05, 3.63) is 0 Å². The topological polar surface area (TPSA) is 46.3 Å². The highest BCUT2D eigenvalue weighted by atomic mass is 16.2. The van der Waals surface area contributed by atoms with Gasteiger partial charge in [0.25, 0.3) is 0 Å². The lowest BCUT2D eigenvalue weighted by molar-refractivity contribution is 0.140. The average molecular weight is 170 g/mol. The lowest BCUT2D eigenvalue weighted by Crippen LogP contribution is -2.47. The highest BCUT2D eigenvalue weighted by Crippen LogP contribution is 2.24. The molecule has 2 atom stereocenters. The summed E-state index contributed by atoms with van der Waals surface area (Å²) in [5, 5.41) is 0. The molecule has 2 amide bonds. The second-order valence-corrected chi connectivity index (χ2v) is 3.68. The Morgan fingerprint density at radius 1 is 1.67 bits per heavy atom. The zero-order valence-corrected chi connectivity index (χ0v) is 7.92. The van der Waals surface area contributed by atoms with Crippen molar-refractivity contribution in [3.8, 4) is 0 Å². The van der Waals surface area contributed by atoms with Gasteiger partial charge in [-0.05, 0) is 25.7 Å². The third-order valence-electron chi connectivity index (χ3n) is 2.85. The molecule has 2 unspecified atom stereocenters. The molecule has 70 valence electrons. The molecule has 0 aromatic rings. The van der Waals surface area contributed by atoms with Crippen molar-refractivity contribution in [2.75, 3.05) is 6.54 Å². The van der Waals surface area contributed by atoms with Crippen LogP contribution in [0.5, 0.6) is 0 Å². The molecule has 0 bridgehead atoms. The van der Waals surface area contributed by atoms with Gasteiger partial charge in [0, 0.05) is 12.6 Å². The minimum Gasteiger partial charge on any atom is -0.351 e. The van der Waals surface area contributed by atoms with Crippen LogP contribution in [0.2, 0.25) is 0 Å². The molecule has 0 saturated carbocycles. The number of primary amides is 1. The number of urea groups is 1. The number of piperidine rings is 1. The largest absolute Gasteiger partial charge is 0.351 e. The van der Waals surface area contributed by atoms with E-state index in [1.165, 1.54) is 6.42 Å². The predicted octanol–water partition coefficient (Wildman–Crippen LogP) is 1.58. The summed E-state index contributed by atoms with van der Waals surface area (Å²) in [5.74, 6) is 0.788. The zero-order chi connectivity index (χ0) is 9.14. The van der Waals surface area contributed by atoms with Gasteiger partial charge in [-0.2, -0.15) is 0 Å². The van der Waals surface area contributed by atoms with Crippen LogP contribution in [0.4, 0.5) is 4.79 Å². The summed E-state index contributed by atoms with van der Waals surface area (Å²) in [6.07, 6.45) is 3.44. The predicted molar refractivity (Wildman–Crippen MR) is 48.8 cm³/mol. The van der Waals surface area contributed by atoms with Crippen molar-refractivity contribution in [1.82, 2.24) is 4.90 Å². The Hall–Kier alpha value is -0.730. The first-order chi connectivity index (χ1) is 5.65. The Kier molecular flexibility index (Phi) is 2.95. The minimum absolute atomic E-state index is 0.267. The van der Waals surface area contributed by atoms with Crippen LogP contribution >= 0.6 is 0 Å². The molecule has 1 rings (SSSR count). The summed E-state index contributed by atoms with van der Waals surface area (Å²) in [4.78, 5) is 12.7. The highest BCUT2D eigenvalue weighted by molar-refractivity contribution is 5.72. The summed E-state index contributed by atoms with van der Waals surface area (Å²) >= 11 is 0. The molecule has 1 aliphatic rings. The van der Waals surface area contributed by atoms with E-state index in [0.29, 0.717) is 6.04 Å². The molecule has 0 aliphatic carbocycles. The molecular weight excluding hydrogens is 152 g/mol. The summed E-state index contributed by atoms with van der Waals surface area (Å²) in [5.41, 5.74) is 5.23. The SMILES string of the molecule is CCC1CCN(C(N)=O)C(C)C1. The minimum atomic E-state index is -0.267. The van der Waals surface area contributed by atoms with Gasteiger partial charge in [0.2, 0.25) is 0 Å². The zero-order valence-electron chi connectivity index (χ0n) is 7.92. The number of nitrogens with two attached hydrogens (primary N) is 1. The first-order valence-corrected chi connectivity index (χ1v) is 4.71. The van der Waals surface area contributed by atoms with Crippen LogP contribution in [0.3, 0.4) is 0 Å². The molecule has 12 heavy (non-hydrogen) atoms. The average Bonchev–Trinajstić information content (AvgIpc) is 2.03. The van der Waals surface area contributed by atoms with Gasteiger partial charge >= 0.3 is 6.03 Å². The van der Waals surface area contributed by atoms with Crippen LogP contribution < -0.4 is 5.73 Å². The molecule has 0 aromatic heterocycles. The third kappa shape index (κ3) is 1.90. The number of hydrogen-bond donors (Lipinski definition) is 1. The molecule has 1 aliphatic heterocycles. The number of likely N-dealkylation sites (tertiary alicyclic amines) is 1. The summed E-state index contributed by atoms with van der Waals surface area (Å²) < 4.78 is 0. The normalized spacial score (nSPS) is 30.3. The van der Waals surface area contributed by atoms with E-state index in [-0.39, 0.29) is 6.03 Å². The van der Waals surface area contributed by atoms with Crippen molar-refractivity contribution in [3.63, 3.8) is 0 Å². The lowest BCUT2D eigenvalue weighted by atomic mass is 9.90. The van der Waals surface area contributed by atoms with Gasteiger partial charge in [0.15, 0.2) is 0 Å². The van der Waals surface area contributed by atoms with Crippen LogP contribution in [-0.4, -0.2) is 23.5 Å². The standard InChI is InChI=1S/C9H18N2O/c1-3-8-4-5-11(9(10)12)7(2)6-8/h7-8H,3-6H2,1-2H3,(H2,10,12). The van der Waals surface area contributed by atoms with Crippen LogP contribution in [0.1, 0.15) is 33.1 Å². The first-order valence-electron chi connectivity index (χ1n) is 4.71. The van der Waals surface area contributed by atoms with Gasteiger partial charge in [-0.15, -0.1) is 0 Å². The summed E-state index contributed by atoms with van der Waals surface area (Å²) in [7, 11) is 0. The number of carbonyl (C=O) groups excluding carboxylic acids is 1. The molecule has 1 fully saturated rings. The summed E-state index contributed by atoms with van der Waals surface area (Å²) in [6, 6.07) is 0.0678. The van der Waals surface area contributed by atoms with E-state index in [1.54, 1.807) is 4.90 Å². The van der Waals surface area contributed by atoms with Crippen molar-refractivity contribution < 1.29 is 4.79 Å². The maximum absolute atomic E-state index is 10.9. The van der Waals surface area contributed by atoms with Crippen molar-refractivity contribution in [1.29, 1.82) is 0 Å². The van der Waals surface area contributed by atoms with Gasteiger partial charge in [-0.1, -0.05) is 13.3 Å².